The van der Waals surface area contributed by atoms with Gasteiger partial charge in [-0.05, 0) is 6.92 Å². The Kier molecular flexibility index (Phi) is 6.70. The molecule has 0 aromatic carbocycles. The highest BCUT2D eigenvalue weighted by molar-refractivity contribution is 5.85. The molecule has 52 valence electrons. The smallest absolute Gasteiger partial charge is 0.246 e. The van der Waals surface area contributed by atoms with Crippen LogP contribution in [-0.2, 0) is 4.79 Å². The number of carbonyl (C=O) groups excluding carboxylic acids is 1. The lowest BCUT2D eigenvalue weighted by molar-refractivity contribution is -0.118. The van der Waals surface area contributed by atoms with Gasteiger partial charge in [-0.1, -0.05) is 5.92 Å². The summed E-state index contributed by atoms with van der Waals surface area (Å²) in [5.41, 5.74) is 9.83. The minimum absolute atomic E-state index is 0. The molecule has 1 amide bonds. The van der Waals surface area contributed by atoms with Gasteiger partial charge in [0, 0.05) is 0 Å². The van der Waals surface area contributed by atoms with Crippen LogP contribution in [0.3, 0.4) is 0 Å². The summed E-state index contributed by atoms with van der Waals surface area (Å²) in [6.45, 7) is 1.60. The molecule has 0 rings (SSSR count). The van der Waals surface area contributed by atoms with E-state index in [4.69, 9.17) is 11.5 Å². The molecular weight excluding hydrogens is 140 g/mol. The van der Waals surface area contributed by atoms with Crippen LogP contribution < -0.4 is 11.5 Å². The fraction of sp³-hybridized carbons (Fsp3) is 0.400. The molecule has 1 atom stereocenters. The van der Waals surface area contributed by atoms with Crippen LogP contribution in [0.25, 0.3) is 0 Å². The van der Waals surface area contributed by atoms with Gasteiger partial charge in [-0.25, -0.2) is 0 Å². The molecule has 9 heavy (non-hydrogen) atoms. The number of halogens is 1. The van der Waals surface area contributed by atoms with Gasteiger partial charge in [-0.15, -0.1) is 18.3 Å². The summed E-state index contributed by atoms with van der Waals surface area (Å²) in [4.78, 5) is 10.1. The highest BCUT2D eigenvalue weighted by Gasteiger charge is 2.01. The van der Waals surface area contributed by atoms with Crippen molar-refractivity contribution in [1.29, 1.82) is 0 Å². The van der Waals surface area contributed by atoms with Crippen LogP contribution >= 0.6 is 12.4 Å². The van der Waals surface area contributed by atoms with Crippen LogP contribution in [-0.4, -0.2) is 11.9 Å². The maximum absolute atomic E-state index is 10.1. The van der Waals surface area contributed by atoms with Gasteiger partial charge in [0.25, 0.3) is 0 Å². The molecule has 3 nitrogen and oxygen atoms in total. The predicted octanol–water partition coefficient (Wildman–Crippen LogP) is -0.756. The van der Waals surface area contributed by atoms with E-state index < -0.39 is 11.9 Å². The van der Waals surface area contributed by atoms with E-state index in [0.717, 1.165) is 0 Å². The Labute approximate surface area is 60.2 Å². The summed E-state index contributed by atoms with van der Waals surface area (Å²) in [5, 5.41) is 0. The third kappa shape index (κ3) is 5.15. The molecule has 0 aromatic heterocycles. The van der Waals surface area contributed by atoms with E-state index in [1.807, 2.05) is 0 Å². The Morgan fingerprint density at radius 2 is 2.11 bits per heavy atom. The van der Waals surface area contributed by atoms with E-state index >= 15 is 0 Å². The van der Waals surface area contributed by atoms with Crippen molar-refractivity contribution in [2.75, 3.05) is 0 Å². The molecule has 4 N–H and O–H groups in total. The van der Waals surface area contributed by atoms with Gasteiger partial charge in [-0.3, -0.25) is 4.79 Å². The van der Waals surface area contributed by atoms with Gasteiger partial charge in [0.2, 0.25) is 5.91 Å². The number of rotatable bonds is 1. The van der Waals surface area contributed by atoms with Crippen LogP contribution in [0.2, 0.25) is 0 Å². The molecule has 0 saturated heterocycles. The Morgan fingerprint density at radius 3 is 2.22 bits per heavy atom. The average Bonchev–Trinajstić information content (AvgIpc) is 1.67. The standard InChI is InChI=1S/C5H8N2O.ClH/c1-2-3-4(6)5(7)8;/h4H,6H2,1H3,(H2,7,8);1H. The third-order valence-corrected chi connectivity index (χ3v) is 0.606. The fourth-order valence-electron chi connectivity index (χ4n) is 0.227. The van der Waals surface area contributed by atoms with Crippen molar-refractivity contribution in [2.45, 2.75) is 13.0 Å². The highest BCUT2D eigenvalue weighted by Crippen LogP contribution is 1.68. The molecule has 0 aromatic rings. The zero-order valence-electron chi connectivity index (χ0n) is 5.05. The van der Waals surface area contributed by atoms with Crippen molar-refractivity contribution in [2.24, 2.45) is 11.5 Å². The van der Waals surface area contributed by atoms with Crippen molar-refractivity contribution in [3.63, 3.8) is 0 Å². The number of nitrogens with two attached hydrogens (primary N) is 2. The van der Waals surface area contributed by atoms with Crippen molar-refractivity contribution in [3.8, 4) is 11.8 Å². The van der Waals surface area contributed by atoms with Gasteiger partial charge < -0.3 is 11.5 Å². The summed E-state index contributed by atoms with van der Waals surface area (Å²) in [7, 11) is 0. The molecule has 0 fully saturated rings. The van der Waals surface area contributed by atoms with E-state index in [1.54, 1.807) is 6.92 Å². The Bertz CT molecular complexity index is 147. The number of hydrogen-bond acceptors (Lipinski definition) is 2. The van der Waals surface area contributed by atoms with Gasteiger partial charge in [0.05, 0.1) is 0 Å². The number of hydrogen-bond donors (Lipinski definition) is 2. The maximum Gasteiger partial charge on any atom is 0.246 e. The van der Waals surface area contributed by atoms with E-state index in [0.29, 0.717) is 0 Å². The summed E-state index contributed by atoms with van der Waals surface area (Å²) >= 11 is 0. The summed E-state index contributed by atoms with van der Waals surface area (Å²) < 4.78 is 0. The number of carbonyl (C=O) groups is 1. The molecule has 0 aliphatic rings. The molecule has 0 spiro atoms. The lowest BCUT2D eigenvalue weighted by atomic mass is 10.3. The highest BCUT2D eigenvalue weighted by atomic mass is 35.5. The second-order valence-corrected chi connectivity index (χ2v) is 1.27. The average molecular weight is 149 g/mol. The molecule has 0 aliphatic heterocycles. The van der Waals surface area contributed by atoms with Crippen molar-refractivity contribution < 1.29 is 4.79 Å². The topological polar surface area (TPSA) is 69.1 Å². The van der Waals surface area contributed by atoms with Gasteiger partial charge in [0.1, 0.15) is 6.04 Å². The van der Waals surface area contributed by atoms with E-state index in [1.165, 1.54) is 0 Å². The van der Waals surface area contributed by atoms with Crippen LogP contribution in [0, 0.1) is 11.8 Å². The molecule has 0 heterocycles. The molecule has 0 bridgehead atoms. The first-order valence-corrected chi connectivity index (χ1v) is 2.15. The Morgan fingerprint density at radius 1 is 1.67 bits per heavy atom. The summed E-state index contributed by atoms with van der Waals surface area (Å²) in [6.07, 6.45) is 0. The molecule has 0 radical (unpaired) electrons. The predicted molar refractivity (Wildman–Crippen MR) is 37.9 cm³/mol. The molecule has 0 saturated carbocycles. The van der Waals surface area contributed by atoms with Crippen LogP contribution in [0.5, 0.6) is 0 Å². The normalized spacial score (nSPS) is 10.0. The summed E-state index contributed by atoms with van der Waals surface area (Å²) in [6, 6.07) is -0.806. The van der Waals surface area contributed by atoms with Crippen LogP contribution in [0.4, 0.5) is 0 Å². The van der Waals surface area contributed by atoms with E-state index in [2.05, 4.69) is 11.8 Å². The van der Waals surface area contributed by atoms with Gasteiger partial charge in [0.15, 0.2) is 0 Å². The van der Waals surface area contributed by atoms with Crippen molar-refractivity contribution in [1.82, 2.24) is 0 Å². The Balaban J connectivity index is 0. The summed E-state index contributed by atoms with van der Waals surface area (Å²) in [5.74, 6) is 4.29. The minimum Gasteiger partial charge on any atom is -0.367 e. The minimum atomic E-state index is -0.806. The zero-order valence-corrected chi connectivity index (χ0v) is 5.87. The molecular formula is C5H9ClN2O. The quantitative estimate of drug-likeness (QED) is 0.480. The Hall–Kier alpha value is -0.720. The maximum atomic E-state index is 10.1. The van der Waals surface area contributed by atoms with Crippen LogP contribution in [0.1, 0.15) is 6.92 Å². The first-order chi connectivity index (χ1) is 3.68. The monoisotopic (exact) mass is 148 g/mol. The van der Waals surface area contributed by atoms with Gasteiger partial charge >= 0.3 is 0 Å². The number of amides is 1. The van der Waals surface area contributed by atoms with Crippen molar-refractivity contribution >= 4 is 18.3 Å². The second kappa shape index (κ2) is 5.42. The first kappa shape index (κ1) is 11.1. The fourth-order valence-corrected chi connectivity index (χ4v) is 0.227. The lowest BCUT2D eigenvalue weighted by Gasteiger charge is -1.92. The van der Waals surface area contributed by atoms with E-state index in [9.17, 15) is 4.79 Å². The first-order valence-electron chi connectivity index (χ1n) is 2.15. The molecule has 4 heteroatoms. The lowest BCUT2D eigenvalue weighted by Crippen LogP contribution is -2.34. The largest absolute Gasteiger partial charge is 0.367 e. The van der Waals surface area contributed by atoms with E-state index in [-0.39, 0.29) is 12.4 Å². The molecule has 0 aliphatic carbocycles. The van der Waals surface area contributed by atoms with Gasteiger partial charge in [-0.2, -0.15) is 0 Å². The van der Waals surface area contributed by atoms with Crippen LogP contribution in [0.15, 0.2) is 0 Å². The zero-order chi connectivity index (χ0) is 6.57. The van der Waals surface area contributed by atoms with Crippen molar-refractivity contribution in [3.05, 3.63) is 0 Å². The number of primary amides is 1. The molecule has 1 unspecified atom stereocenters. The SMILES string of the molecule is CC#CC(N)C(N)=O.Cl. The third-order valence-electron chi connectivity index (χ3n) is 0.606. The second-order valence-electron chi connectivity index (χ2n) is 1.27.